The molecule has 22 heavy (non-hydrogen) atoms. The fourth-order valence-corrected chi connectivity index (χ4v) is 1.66. The van der Waals surface area contributed by atoms with E-state index in [0.717, 1.165) is 5.56 Å². The topological polar surface area (TPSA) is 161 Å². The molecule has 1 aromatic heterocycles. The van der Waals surface area contributed by atoms with Crippen LogP contribution in [0.2, 0.25) is 5.15 Å². The summed E-state index contributed by atoms with van der Waals surface area (Å²) in [5, 5.41) is 10.2. The van der Waals surface area contributed by atoms with Crippen LogP contribution in [0.25, 0.3) is 0 Å². The number of halogens is 1. The Morgan fingerprint density at radius 3 is 2.59 bits per heavy atom. The van der Waals surface area contributed by atoms with Crippen LogP contribution < -0.4 is 5.43 Å². The zero-order valence-corrected chi connectivity index (χ0v) is 12.7. The van der Waals surface area contributed by atoms with Crippen molar-refractivity contribution in [2.24, 2.45) is 4.99 Å². The molecule has 0 saturated carbocycles. The van der Waals surface area contributed by atoms with Crippen LogP contribution in [0, 0.1) is 10.1 Å². The van der Waals surface area contributed by atoms with Gasteiger partial charge in [-0.1, -0.05) is 23.1 Å². The molecule has 0 atom stereocenters. The standard InChI is InChI=1S/C9H10ClN5O2.H3O4P/c10-8-2-1-7(5-12-8)6-14-4-3-11-9(14)13-15(16)17;1-5(2,3)4/h1-2,5H,3-4,6H2,(H,11,13);(H3,1,2,3,4). The van der Waals surface area contributed by atoms with E-state index in [9.17, 15) is 10.1 Å². The maximum Gasteiger partial charge on any atom is 0.466 e. The van der Waals surface area contributed by atoms with Crippen LogP contribution in [0.5, 0.6) is 0 Å². The average Bonchev–Trinajstić information content (AvgIpc) is 2.77. The van der Waals surface area contributed by atoms with Crippen LogP contribution in [0.1, 0.15) is 5.56 Å². The molecular formula is C9H13ClN5O6P. The minimum Gasteiger partial charge on any atom is -0.332 e. The predicted molar refractivity (Wildman–Crippen MR) is 76.4 cm³/mol. The molecule has 0 aromatic carbocycles. The summed E-state index contributed by atoms with van der Waals surface area (Å²) in [7, 11) is -4.64. The van der Waals surface area contributed by atoms with Gasteiger partial charge in [0.25, 0.3) is 5.96 Å². The molecule has 1 aliphatic rings. The Labute approximate surface area is 129 Å². The van der Waals surface area contributed by atoms with Crippen LogP contribution in [-0.2, 0) is 11.1 Å². The van der Waals surface area contributed by atoms with Crippen LogP contribution in [0.3, 0.4) is 0 Å². The molecule has 0 amide bonds. The van der Waals surface area contributed by atoms with Gasteiger partial charge < -0.3 is 19.6 Å². The number of guanidine groups is 1. The number of aromatic nitrogens is 1. The first-order valence-electron chi connectivity index (χ1n) is 5.74. The molecule has 13 heteroatoms. The summed E-state index contributed by atoms with van der Waals surface area (Å²) in [4.78, 5) is 41.7. The fourth-order valence-electron chi connectivity index (χ4n) is 1.54. The lowest BCUT2D eigenvalue weighted by Gasteiger charge is -2.17. The summed E-state index contributed by atoms with van der Waals surface area (Å²) in [6.45, 7) is 1.72. The highest BCUT2D eigenvalue weighted by Gasteiger charge is 2.20. The highest BCUT2D eigenvalue weighted by molar-refractivity contribution is 7.45. The normalized spacial score (nSPS) is 14.0. The van der Waals surface area contributed by atoms with Crippen LogP contribution in [0.4, 0.5) is 0 Å². The van der Waals surface area contributed by atoms with E-state index in [4.69, 9.17) is 30.8 Å². The summed E-state index contributed by atoms with van der Waals surface area (Å²) in [6, 6.07) is 3.52. The molecule has 11 nitrogen and oxygen atoms in total. The Balaban J connectivity index is 0.000000422. The van der Waals surface area contributed by atoms with Crippen LogP contribution in [0.15, 0.2) is 23.3 Å². The number of hydrogen-bond acceptors (Lipinski definition) is 6. The average molecular weight is 354 g/mol. The molecule has 4 N–H and O–H groups in total. The van der Waals surface area contributed by atoms with E-state index in [2.05, 4.69) is 15.4 Å². The lowest BCUT2D eigenvalue weighted by atomic mass is 10.3. The molecule has 0 unspecified atom stereocenters. The van der Waals surface area contributed by atoms with Crippen molar-refractivity contribution in [3.63, 3.8) is 0 Å². The second-order valence-electron chi connectivity index (χ2n) is 4.00. The lowest BCUT2D eigenvalue weighted by molar-refractivity contribution is -0.526. The van der Waals surface area contributed by atoms with Gasteiger partial charge in [0.15, 0.2) is 5.03 Å². The largest absolute Gasteiger partial charge is 0.466 e. The maximum absolute atomic E-state index is 10.4. The van der Waals surface area contributed by atoms with Gasteiger partial charge in [0.1, 0.15) is 5.15 Å². The second kappa shape index (κ2) is 8.01. The number of nitrogens with zero attached hydrogens (tertiary/aromatic N) is 4. The number of phosphoric acid groups is 1. The van der Waals surface area contributed by atoms with Gasteiger partial charge in [-0.15, -0.1) is 0 Å². The smallest absolute Gasteiger partial charge is 0.332 e. The third kappa shape index (κ3) is 7.86. The number of pyridine rings is 1. The van der Waals surface area contributed by atoms with E-state index in [1.165, 1.54) is 0 Å². The van der Waals surface area contributed by atoms with Gasteiger partial charge in [-0.25, -0.2) is 24.7 Å². The summed E-state index contributed by atoms with van der Waals surface area (Å²) >= 11 is 5.68. The van der Waals surface area contributed by atoms with Gasteiger partial charge in [0.05, 0.1) is 6.54 Å². The zero-order chi connectivity index (χ0) is 16.8. The van der Waals surface area contributed by atoms with E-state index in [1.54, 1.807) is 17.2 Å². The Morgan fingerprint density at radius 1 is 1.45 bits per heavy atom. The minimum atomic E-state index is -4.64. The molecule has 0 bridgehead atoms. The van der Waals surface area contributed by atoms with Crippen molar-refractivity contribution in [2.75, 3.05) is 13.1 Å². The molecule has 122 valence electrons. The first-order valence-corrected chi connectivity index (χ1v) is 7.68. The first kappa shape index (κ1) is 18.3. The Kier molecular flexibility index (Phi) is 6.65. The number of nitrogens with one attached hydrogen (secondary N) is 1. The minimum absolute atomic E-state index is 0.282. The highest BCUT2D eigenvalue weighted by Crippen LogP contribution is 2.25. The van der Waals surface area contributed by atoms with Gasteiger partial charge in [-0.3, -0.25) is 0 Å². The van der Waals surface area contributed by atoms with E-state index in [-0.39, 0.29) is 5.96 Å². The summed E-state index contributed by atoms with van der Waals surface area (Å²) in [6.07, 6.45) is 1.64. The highest BCUT2D eigenvalue weighted by atomic mass is 35.5. The number of aliphatic imine (C=N–C) groups is 1. The molecule has 0 radical (unpaired) electrons. The molecule has 2 rings (SSSR count). The Bertz CT molecular complexity index is 582. The third-order valence-corrected chi connectivity index (χ3v) is 2.51. The van der Waals surface area contributed by atoms with Crippen molar-refractivity contribution < 1.29 is 24.3 Å². The maximum atomic E-state index is 10.4. The molecule has 1 aliphatic heterocycles. The molecule has 0 aliphatic carbocycles. The zero-order valence-electron chi connectivity index (χ0n) is 11.0. The quantitative estimate of drug-likeness (QED) is 0.248. The van der Waals surface area contributed by atoms with Gasteiger partial charge in [0.2, 0.25) is 0 Å². The number of hydrazine groups is 1. The monoisotopic (exact) mass is 353 g/mol. The van der Waals surface area contributed by atoms with Crippen LogP contribution in [-0.4, -0.2) is 48.6 Å². The van der Waals surface area contributed by atoms with Crippen LogP contribution >= 0.6 is 19.4 Å². The fraction of sp³-hybridized carbons (Fsp3) is 0.333. The van der Waals surface area contributed by atoms with Gasteiger partial charge >= 0.3 is 7.82 Å². The third-order valence-electron chi connectivity index (χ3n) is 2.28. The first-order chi connectivity index (χ1) is 10.1. The number of nitro groups is 1. The SMILES string of the molecule is O=P(O)(O)O.O=[N+]([O-])NC1=NCCN1Cc1ccc(Cl)nc1. The van der Waals surface area contributed by atoms with E-state index >= 15 is 0 Å². The van der Waals surface area contributed by atoms with Gasteiger partial charge in [-0.2, -0.15) is 0 Å². The van der Waals surface area contributed by atoms with Crippen molar-refractivity contribution in [1.29, 1.82) is 0 Å². The summed E-state index contributed by atoms with van der Waals surface area (Å²) in [5.74, 6) is 0.282. The van der Waals surface area contributed by atoms with E-state index in [0.29, 0.717) is 24.8 Å². The molecule has 0 saturated heterocycles. The Morgan fingerprint density at radius 2 is 2.09 bits per heavy atom. The van der Waals surface area contributed by atoms with Crippen molar-refractivity contribution in [3.05, 3.63) is 39.2 Å². The molecule has 0 fully saturated rings. The summed E-state index contributed by atoms with van der Waals surface area (Å²) in [5.41, 5.74) is 3.00. The number of rotatable bonds is 3. The number of hydrogen-bond donors (Lipinski definition) is 4. The molecular weight excluding hydrogens is 341 g/mol. The lowest BCUT2D eigenvalue weighted by Crippen LogP contribution is -2.40. The van der Waals surface area contributed by atoms with Crippen molar-refractivity contribution in [3.8, 4) is 0 Å². The van der Waals surface area contributed by atoms with Crippen molar-refractivity contribution in [2.45, 2.75) is 6.54 Å². The summed E-state index contributed by atoms with van der Waals surface area (Å²) < 4.78 is 8.88. The van der Waals surface area contributed by atoms with Gasteiger partial charge in [0, 0.05) is 19.3 Å². The predicted octanol–water partition coefficient (Wildman–Crippen LogP) is -0.241. The molecule has 2 heterocycles. The van der Waals surface area contributed by atoms with Crippen molar-refractivity contribution in [1.82, 2.24) is 15.3 Å². The molecule has 0 spiro atoms. The molecule has 1 aromatic rings. The van der Waals surface area contributed by atoms with Crippen molar-refractivity contribution >= 4 is 25.4 Å². The van der Waals surface area contributed by atoms with E-state index < -0.39 is 12.9 Å². The van der Waals surface area contributed by atoms with E-state index in [1.807, 2.05) is 6.07 Å². The van der Waals surface area contributed by atoms with Gasteiger partial charge in [-0.05, 0) is 11.6 Å². The Hall–Kier alpha value is -1.78. The second-order valence-corrected chi connectivity index (χ2v) is 5.41.